The topological polar surface area (TPSA) is 69.7 Å². The minimum atomic E-state index is -4.11. The molecule has 0 amide bonds. The molecule has 0 radical (unpaired) electrons. The zero-order valence-electron chi connectivity index (χ0n) is 13.5. The summed E-state index contributed by atoms with van der Waals surface area (Å²) in [5, 5.41) is 0. The van der Waals surface area contributed by atoms with Crippen LogP contribution in [0.5, 0.6) is 0 Å². The lowest BCUT2D eigenvalue weighted by Crippen LogP contribution is -2.48. The monoisotopic (exact) mass is 350 g/mol. The molecule has 0 spiro atoms. The van der Waals surface area contributed by atoms with Gasteiger partial charge in [0.2, 0.25) is 0 Å². The molecular weight excluding hydrogens is 328 g/mol. The van der Waals surface area contributed by atoms with Crippen molar-refractivity contribution in [1.82, 2.24) is 0 Å². The smallest absolute Gasteiger partial charge is 0.433 e. The minimum Gasteiger partial charge on any atom is -0.433 e. The van der Waals surface area contributed by atoms with Crippen LogP contribution in [-0.4, -0.2) is 21.2 Å². The van der Waals surface area contributed by atoms with Gasteiger partial charge in [-0.3, -0.25) is 0 Å². The quantitative estimate of drug-likeness (QED) is 0.611. The van der Waals surface area contributed by atoms with Crippen LogP contribution in [0.25, 0.3) is 0 Å². The molecule has 4 fully saturated rings. The van der Waals surface area contributed by atoms with Crippen LogP contribution in [0.1, 0.15) is 38.5 Å². The third-order valence-electron chi connectivity index (χ3n) is 5.87. The Kier molecular flexibility index (Phi) is 3.82. The van der Waals surface area contributed by atoms with Crippen molar-refractivity contribution in [2.45, 2.75) is 43.4 Å². The molecule has 24 heavy (non-hydrogen) atoms. The molecule has 0 unspecified atom stereocenters. The fourth-order valence-electron chi connectivity index (χ4n) is 5.43. The summed E-state index contributed by atoms with van der Waals surface area (Å²) in [5.74, 6) is 2.26. The Labute approximate surface area is 142 Å². The van der Waals surface area contributed by atoms with Gasteiger partial charge in [-0.05, 0) is 68.4 Å². The lowest BCUT2D eigenvalue weighted by molar-refractivity contribution is -0.0858. The highest BCUT2D eigenvalue weighted by Gasteiger charge is 2.51. The number of benzene rings is 1. The molecule has 0 N–H and O–H groups in total. The van der Waals surface area contributed by atoms with Gasteiger partial charge in [0.05, 0.1) is 0 Å². The Bertz CT molecular complexity index is 690. The summed E-state index contributed by atoms with van der Waals surface area (Å²) in [4.78, 5) is 11.9. The Morgan fingerprint density at radius 3 is 2.08 bits per heavy atom. The normalized spacial score (nSPS) is 34.1. The first-order valence-corrected chi connectivity index (χ1v) is 10.0. The molecule has 130 valence electrons. The van der Waals surface area contributed by atoms with E-state index >= 15 is 0 Å². The Morgan fingerprint density at radius 2 is 1.54 bits per heavy atom. The summed E-state index contributed by atoms with van der Waals surface area (Å²) in [7, 11) is -4.11. The van der Waals surface area contributed by atoms with Crippen molar-refractivity contribution in [3.05, 3.63) is 30.3 Å². The molecule has 1 aromatic rings. The molecule has 0 aliphatic heterocycles. The van der Waals surface area contributed by atoms with Gasteiger partial charge in [-0.25, -0.2) is 4.79 Å². The second-order valence-corrected chi connectivity index (χ2v) is 9.35. The van der Waals surface area contributed by atoms with E-state index in [1.54, 1.807) is 18.2 Å². The number of hydrogen-bond donors (Lipinski definition) is 0. The van der Waals surface area contributed by atoms with Crippen molar-refractivity contribution in [2.75, 3.05) is 6.61 Å². The number of carbonyl (C=O) groups is 1. The van der Waals surface area contributed by atoms with Gasteiger partial charge < -0.3 is 8.92 Å². The van der Waals surface area contributed by atoms with Crippen LogP contribution in [0, 0.1) is 23.2 Å². The van der Waals surface area contributed by atoms with E-state index in [4.69, 9.17) is 4.74 Å². The van der Waals surface area contributed by atoms with Crippen LogP contribution < -0.4 is 0 Å². The maximum atomic E-state index is 12.0. The summed E-state index contributed by atoms with van der Waals surface area (Å²) in [6, 6.07) is 7.64. The lowest BCUT2D eigenvalue weighted by Gasteiger charge is -2.56. The van der Waals surface area contributed by atoms with Gasteiger partial charge >= 0.3 is 16.3 Å². The molecule has 4 saturated carbocycles. The molecule has 0 aromatic heterocycles. The van der Waals surface area contributed by atoms with E-state index in [1.165, 1.54) is 31.4 Å². The maximum Gasteiger partial charge on any atom is 0.524 e. The average Bonchev–Trinajstić information content (AvgIpc) is 2.52. The summed E-state index contributed by atoms with van der Waals surface area (Å²) in [6.07, 6.45) is 6.10. The van der Waals surface area contributed by atoms with Crippen LogP contribution in [-0.2, 0) is 19.0 Å². The van der Waals surface area contributed by atoms with E-state index < -0.39 is 16.3 Å². The fourth-order valence-corrected chi connectivity index (χ4v) is 6.24. The van der Waals surface area contributed by atoms with Crippen molar-refractivity contribution in [3.8, 4) is 0 Å². The molecule has 6 heteroatoms. The molecule has 4 bridgehead atoms. The second kappa shape index (κ2) is 5.76. The van der Waals surface area contributed by atoms with Crippen LogP contribution in [0.15, 0.2) is 35.2 Å². The highest BCUT2D eigenvalue weighted by molar-refractivity contribution is 7.87. The molecule has 4 aliphatic rings. The molecule has 0 atom stereocenters. The van der Waals surface area contributed by atoms with E-state index in [1.807, 2.05) is 0 Å². The highest BCUT2D eigenvalue weighted by Crippen LogP contribution is 2.60. The zero-order valence-corrected chi connectivity index (χ0v) is 14.3. The third kappa shape index (κ3) is 3.04. The van der Waals surface area contributed by atoms with Crippen LogP contribution in [0.2, 0.25) is 0 Å². The number of rotatable bonds is 4. The van der Waals surface area contributed by atoms with Gasteiger partial charge in [0, 0.05) is 5.41 Å². The zero-order chi connectivity index (χ0) is 16.8. The molecular formula is C18H22O5S. The first-order valence-electron chi connectivity index (χ1n) is 8.60. The van der Waals surface area contributed by atoms with Crippen molar-refractivity contribution < 1.29 is 22.1 Å². The maximum absolute atomic E-state index is 12.0. The van der Waals surface area contributed by atoms with E-state index in [2.05, 4.69) is 4.18 Å². The van der Waals surface area contributed by atoms with E-state index in [9.17, 15) is 13.2 Å². The van der Waals surface area contributed by atoms with Crippen molar-refractivity contribution in [2.24, 2.45) is 23.2 Å². The standard InChI is InChI=1S/C18H22O5S/c19-17(23-24(20,21)16-4-2-1-3-5-16)22-12-18-9-13-6-14(10-18)8-15(7-13)11-18/h1-5,13-15H,6-12H2. The van der Waals surface area contributed by atoms with Crippen LogP contribution in [0.4, 0.5) is 4.79 Å². The molecule has 0 heterocycles. The highest BCUT2D eigenvalue weighted by atomic mass is 32.2. The van der Waals surface area contributed by atoms with Crippen LogP contribution in [0.3, 0.4) is 0 Å². The number of ether oxygens (including phenoxy) is 1. The van der Waals surface area contributed by atoms with E-state index in [0.29, 0.717) is 0 Å². The van der Waals surface area contributed by atoms with Gasteiger partial charge in [-0.1, -0.05) is 18.2 Å². The minimum absolute atomic E-state index is 0.0447. The first kappa shape index (κ1) is 15.9. The second-order valence-electron chi connectivity index (χ2n) is 7.81. The Balaban J connectivity index is 1.37. The van der Waals surface area contributed by atoms with Gasteiger partial charge in [0.15, 0.2) is 0 Å². The predicted octanol–water partition coefficient (Wildman–Crippen LogP) is 3.74. The van der Waals surface area contributed by atoms with Gasteiger partial charge in [-0.2, -0.15) is 8.42 Å². The van der Waals surface area contributed by atoms with Crippen molar-refractivity contribution in [1.29, 1.82) is 0 Å². The molecule has 5 nitrogen and oxygen atoms in total. The molecule has 0 saturated heterocycles. The third-order valence-corrected chi connectivity index (χ3v) is 7.08. The summed E-state index contributed by atoms with van der Waals surface area (Å²) in [5.41, 5.74) is 0.0459. The summed E-state index contributed by atoms with van der Waals surface area (Å²) in [6.45, 7) is 0.277. The summed E-state index contributed by atoms with van der Waals surface area (Å²) >= 11 is 0. The lowest BCUT2D eigenvalue weighted by atomic mass is 9.50. The fraction of sp³-hybridized carbons (Fsp3) is 0.611. The predicted molar refractivity (Wildman–Crippen MR) is 86.7 cm³/mol. The number of hydrogen-bond acceptors (Lipinski definition) is 5. The SMILES string of the molecule is O=C(OCC12CC3CC(CC(C3)C1)C2)OS(=O)(=O)c1ccccc1. The van der Waals surface area contributed by atoms with Crippen LogP contribution >= 0.6 is 0 Å². The van der Waals surface area contributed by atoms with Gasteiger partial charge in [0.25, 0.3) is 0 Å². The first-order chi connectivity index (χ1) is 11.4. The molecule has 1 aromatic carbocycles. The Hall–Kier alpha value is -1.56. The average molecular weight is 350 g/mol. The summed E-state index contributed by atoms with van der Waals surface area (Å²) < 4.78 is 33.9. The largest absolute Gasteiger partial charge is 0.524 e. The van der Waals surface area contributed by atoms with Crippen molar-refractivity contribution >= 4 is 16.3 Å². The molecule has 5 rings (SSSR count). The van der Waals surface area contributed by atoms with Gasteiger partial charge in [-0.15, -0.1) is 0 Å². The number of carbonyl (C=O) groups excluding carboxylic acids is 1. The van der Waals surface area contributed by atoms with E-state index in [0.717, 1.165) is 37.0 Å². The Morgan fingerprint density at radius 1 is 1.00 bits per heavy atom. The van der Waals surface area contributed by atoms with Gasteiger partial charge in [0.1, 0.15) is 11.5 Å². The van der Waals surface area contributed by atoms with E-state index in [-0.39, 0.29) is 16.9 Å². The molecule has 4 aliphatic carbocycles. The van der Waals surface area contributed by atoms with Crippen molar-refractivity contribution in [3.63, 3.8) is 0 Å².